The van der Waals surface area contributed by atoms with E-state index >= 15 is 0 Å². The van der Waals surface area contributed by atoms with Gasteiger partial charge in [0.25, 0.3) is 5.56 Å². The highest BCUT2D eigenvalue weighted by Gasteiger charge is 2.05. The summed E-state index contributed by atoms with van der Waals surface area (Å²) in [5.74, 6) is -0.0929. The van der Waals surface area contributed by atoms with E-state index in [1.807, 2.05) is 6.07 Å². The van der Waals surface area contributed by atoms with E-state index in [-0.39, 0.29) is 11.1 Å². The molecular formula is C12H8FN3OS. The van der Waals surface area contributed by atoms with Crippen molar-refractivity contribution < 1.29 is 4.39 Å². The van der Waals surface area contributed by atoms with Gasteiger partial charge in [-0.05, 0) is 17.7 Å². The predicted octanol–water partition coefficient (Wildman–Crippen LogP) is 2.07. The van der Waals surface area contributed by atoms with Crippen LogP contribution in [0.3, 0.4) is 0 Å². The van der Waals surface area contributed by atoms with Crippen LogP contribution in [0.2, 0.25) is 0 Å². The highest BCUT2D eigenvalue weighted by atomic mass is 32.2. The molecular weight excluding hydrogens is 253 g/mol. The van der Waals surface area contributed by atoms with E-state index in [1.54, 1.807) is 12.1 Å². The fourth-order valence-electron chi connectivity index (χ4n) is 1.31. The van der Waals surface area contributed by atoms with Crippen LogP contribution in [0.4, 0.5) is 4.39 Å². The van der Waals surface area contributed by atoms with Gasteiger partial charge in [0, 0.05) is 18.0 Å². The smallest absolute Gasteiger partial charge is 0.251 e. The predicted molar refractivity (Wildman–Crippen MR) is 65.5 cm³/mol. The molecule has 1 heterocycles. The van der Waals surface area contributed by atoms with Crippen molar-refractivity contribution in [3.8, 4) is 6.07 Å². The van der Waals surface area contributed by atoms with E-state index in [0.717, 1.165) is 0 Å². The average Bonchev–Trinajstić information content (AvgIpc) is 2.37. The third-order valence-corrected chi connectivity index (χ3v) is 3.13. The molecule has 0 aliphatic heterocycles. The van der Waals surface area contributed by atoms with E-state index in [4.69, 9.17) is 5.26 Å². The van der Waals surface area contributed by atoms with Crippen molar-refractivity contribution >= 4 is 11.8 Å². The molecule has 1 aromatic carbocycles. The van der Waals surface area contributed by atoms with E-state index in [2.05, 4.69) is 9.97 Å². The Morgan fingerprint density at radius 2 is 2.28 bits per heavy atom. The number of nitrogens with zero attached hydrogens (tertiary/aromatic N) is 2. The first-order valence-electron chi connectivity index (χ1n) is 5.05. The highest BCUT2D eigenvalue weighted by Crippen LogP contribution is 2.20. The number of aromatic nitrogens is 2. The number of nitriles is 1. The van der Waals surface area contributed by atoms with Crippen LogP contribution in [0.15, 0.2) is 40.4 Å². The number of hydrogen-bond acceptors (Lipinski definition) is 4. The van der Waals surface area contributed by atoms with Gasteiger partial charge in [-0.2, -0.15) is 5.26 Å². The highest BCUT2D eigenvalue weighted by molar-refractivity contribution is 7.98. The molecule has 0 aliphatic carbocycles. The SMILES string of the molecule is N#Cc1ccc(CSc2nccc(=O)[nH]2)c(F)c1. The minimum absolute atomic E-state index is 0.243. The minimum atomic E-state index is -0.431. The van der Waals surface area contributed by atoms with Gasteiger partial charge in [0.15, 0.2) is 5.16 Å². The molecule has 0 fully saturated rings. The standard InChI is InChI=1S/C12H8FN3OS/c13-10-5-8(6-14)1-2-9(10)7-18-12-15-4-3-11(17)16-12/h1-5H,7H2,(H,15,16,17). The molecule has 18 heavy (non-hydrogen) atoms. The largest absolute Gasteiger partial charge is 0.301 e. The van der Waals surface area contributed by atoms with E-state index < -0.39 is 5.82 Å². The van der Waals surface area contributed by atoms with Gasteiger partial charge in [-0.1, -0.05) is 17.8 Å². The van der Waals surface area contributed by atoms with Gasteiger partial charge < -0.3 is 4.98 Å². The molecule has 0 atom stereocenters. The summed E-state index contributed by atoms with van der Waals surface area (Å²) in [6.07, 6.45) is 1.40. The normalized spacial score (nSPS) is 10.0. The third kappa shape index (κ3) is 2.96. The summed E-state index contributed by atoms with van der Waals surface area (Å²) in [6, 6.07) is 7.49. The molecule has 2 rings (SSSR count). The summed E-state index contributed by atoms with van der Waals surface area (Å²) >= 11 is 1.23. The Kier molecular flexibility index (Phi) is 3.75. The number of nitrogens with one attached hydrogen (secondary N) is 1. The zero-order chi connectivity index (χ0) is 13.0. The second-order valence-electron chi connectivity index (χ2n) is 3.45. The Balaban J connectivity index is 2.11. The summed E-state index contributed by atoms with van der Waals surface area (Å²) in [4.78, 5) is 17.5. The van der Waals surface area contributed by atoms with E-state index in [9.17, 15) is 9.18 Å². The molecule has 1 aromatic heterocycles. The van der Waals surface area contributed by atoms with Crippen molar-refractivity contribution in [3.05, 3.63) is 57.8 Å². The van der Waals surface area contributed by atoms with Crippen LogP contribution in [0.5, 0.6) is 0 Å². The lowest BCUT2D eigenvalue weighted by Gasteiger charge is -2.02. The molecule has 90 valence electrons. The molecule has 0 unspecified atom stereocenters. The minimum Gasteiger partial charge on any atom is -0.301 e. The Bertz CT molecular complexity index is 663. The van der Waals surface area contributed by atoms with Crippen LogP contribution in [0.25, 0.3) is 0 Å². The van der Waals surface area contributed by atoms with Gasteiger partial charge in [0.2, 0.25) is 0 Å². The quantitative estimate of drug-likeness (QED) is 0.678. The monoisotopic (exact) mass is 261 g/mol. The van der Waals surface area contributed by atoms with Crippen LogP contribution in [-0.2, 0) is 5.75 Å². The lowest BCUT2D eigenvalue weighted by molar-refractivity contribution is 0.617. The molecule has 0 amide bonds. The number of hydrogen-bond donors (Lipinski definition) is 1. The van der Waals surface area contributed by atoms with Crippen molar-refractivity contribution in [2.75, 3.05) is 0 Å². The summed E-state index contributed by atoms with van der Waals surface area (Å²) in [6.45, 7) is 0. The molecule has 6 heteroatoms. The number of thioether (sulfide) groups is 1. The van der Waals surface area contributed by atoms with Gasteiger partial charge >= 0.3 is 0 Å². The number of halogens is 1. The molecule has 0 saturated heterocycles. The average molecular weight is 261 g/mol. The number of rotatable bonds is 3. The molecule has 4 nitrogen and oxygen atoms in total. The van der Waals surface area contributed by atoms with Crippen LogP contribution in [0, 0.1) is 17.1 Å². The number of H-pyrrole nitrogens is 1. The third-order valence-electron chi connectivity index (χ3n) is 2.19. The fourth-order valence-corrected chi connectivity index (χ4v) is 2.14. The van der Waals surface area contributed by atoms with Crippen LogP contribution in [-0.4, -0.2) is 9.97 Å². The Morgan fingerprint density at radius 3 is 2.94 bits per heavy atom. The van der Waals surface area contributed by atoms with Crippen molar-refractivity contribution in [2.45, 2.75) is 10.9 Å². The molecule has 1 N–H and O–H groups in total. The molecule has 0 spiro atoms. The Labute approximate surface area is 107 Å². The lowest BCUT2D eigenvalue weighted by atomic mass is 10.1. The van der Waals surface area contributed by atoms with Gasteiger partial charge in [-0.25, -0.2) is 9.37 Å². The van der Waals surface area contributed by atoms with Crippen molar-refractivity contribution in [3.63, 3.8) is 0 Å². The molecule has 0 radical (unpaired) electrons. The summed E-state index contributed by atoms with van der Waals surface area (Å²) in [5, 5.41) is 9.06. The summed E-state index contributed by atoms with van der Waals surface area (Å²) in [7, 11) is 0. The summed E-state index contributed by atoms with van der Waals surface area (Å²) in [5.41, 5.74) is 0.505. The van der Waals surface area contributed by atoms with E-state index in [1.165, 1.54) is 30.1 Å². The zero-order valence-corrected chi connectivity index (χ0v) is 10.00. The maximum absolute atomic E-state index is 13.6. The van der Waals surface area contributed by atoms with Gasteiger partial charge in [-0.15, -0.1) is 0 Å². The maximum atomic E-state index is 13.6. The van der Waals surface area contributed by atoms with Gasteiger partial charge in [-0.3, -0.25) is 4.79 Å². The Hall–Kier alpha value is -2.13. The maximum Gasteiger partial charge on any atom is 0.251 e. The van der Waals surface area contributed by atoms with E-state index in [0.29, 0.717) is 16.5 Å². The fraction of sp³-hybridized carbons (Fsp3) is 0.0833. The van der Waals surface area contributed by atoms with Crippen molar-refractivity contribution in [2.24, 2.45) is 0 Å². The van der Waals surface area contributed by atoms with Gasteiger partial charge in [0.1, 0.15) is 5.82 Å². The second-order valence-corrected chi connectivity index (χ2v) is 4.41. The molecule has 0 saturated carbocycles. The van der Waals surface area contributed by atoms with Crippen LogP contribution >= 0.6 is 11.8 Å². The summed E-state index contributed by atoms with van der Waals surface area (Å²) < 4.78 is 13.6. The topological polar surface area (TPSA) is 69.5 Å². The Morgan fingerprint density at radius 1 is 1.44 bits per heavy atom. The first-order chi connectivity index (χ1) is 8.69. The van der Waals surface area contributed by atoms with Crippen molar-refractivity contribution in [1.29, 1.82) is 5.26 Å². The zero-order valence-electron chi connectivity index (χ0n) is 9.18. The molecule has 0 bridgehead atoms. The van der Waals surface area contributed by atoms with Crippen LogP contribution < -0.4 is 5.56 Å². The number of aromatic amines is 1. The molecule has 2 aromatic rings. The van der Waals surface area contributed by atoms with Gasteiger partial charge in [0.05, 0.1) is 11.6 Å². The van der Waals surface area contributed by atoms with Crippen LogP contribution in [0.1, 0.15) is 11.1 Å². The lowest BCUT2D eigenvalue weighted by Crippen LogP contribution is -2.05. The van der Waals surface area contributed by atoms with Crippen molar-refractivity contribution in [1.82, 2.24) is 9.97 Å². The number of benzene rings is 1. The second kappa shape index (κ2) is 5.47. The first-order valence-corrected chi connectivity index (χ1v) is 6.04. The first kappa shape index (κ1) is 12.3. The molecule has 0 aliphatic rings.